The minimum absolute atomic E-state index is 0.00571. The summed E-state index contributed by atoms with van der Waals surface area (Å²) in [4.78, 5) is 33.7. The molecule has 3 N–H and O–H groups in total. The molecule has 38 heavy (non-hydrogen) atoms. The number of aromatic amines is 1. The van der Waals surface area contributed by atoms with Gasteiger partial charge < -0.3 is 15.6 Å². The van der Waals surface area contributed by atoms with Gasteiger partial charge in [-0.25, -0.2) is 4.98 Å². The van der Waals surface area contributed by atoms with Crippen LogP contribution >= 0.6 is 0 Å². The molecule has 2 aliphatic carbocycles. The molecule has 8 nitrogen and oxygen atoms in total. The number of halogens is 3. The van der Waals surface area contributed by atoms with Gasteiger partial charge >= 0.3 is 6.18 Å². The number of benzene rings is 1. The second-order valence-corrected chi connectivity index (χ2v) is 10.9. The molecule has 202 valence electrons. The molecule has 6 rings (SSSR count). The normalized spacial score (nSPS) is 22.7. The molecule has 1 saturated heterocycles. The van der Waals surface area contributed by atoms with Crippen molar-refractivity contribution < 1.29 is 22.8 Å². The van der Waals surface area contributed by atoms with Crippen molar-refractivity contribution in [3.05, 3.63) is 47.5 Å². The van der Waals surface area contributed by atoms with E-state index in [1.807, 2.05) is 6.92 Å². The van der Waals surface area contributed by atoms with Gasteiger partial charge in [-0.1, -0.05) is 6.07 Å². The third kappa shape index (κ3) is 4.78. The number of nitrogens with zero attached hydrogens (tertiary/aromatic N) is 3. The van der Waals surface area contributed by atoms with Crippen molar-refractivity contribution >= 4 is 22.8 Å². The van der Waals surface area contributed by atoms with Crippen molar-refractivity contribution in [3.8, 4) is 0 Å². The molecule has 0 spiro atoms. The fourth-order valence-electron chi connectivity index (χ4n) is 6.08. The highest BCUT2D eigenvalue weighted by atomic mass is 19.4. The van der Waals surface area contributed by atoms with Crippen LogP contribution in [0.15, 0.2) is 30.5 Å². The van der Waals surface area contributed by atoms with E-state index in [0.29, 0.717) is 46.5 Å². The number of aromatic nitrogens is 4. The van der Waals surface area contributed by atoms with E-state index >= 15 is 0 Å². The van der Waals surface area contributed by atoms with Gasteiger partial charge in [0.05, 0.1) is 28.9 Å². The van der Waals surface area contributed by atoms with Gasteiger partial charge in [0.15, 0.2) is 0 Å². The van der Waals surface area contributed by atoms with Crippen molar-refractivity contribution in [2.75, 3.05) is 6.54 Å². The summed E-state index contributed by atoms with van der Waals surface area (Å²) in [5.74, 6) is -1.62. The van der Waals surface area contributed by atoms with E-state index in [1.165, 1.54) is 0 Å². The van der Waals surface area contributed by atoms with Gasteiger partial charge in [0.2, 0.25) is 5.91 Å². The Morgan fingerprint density at radius 2 is 1.92 bits per heavy atom. The summed E-state index contributed by atoms with van der Waals surface area (Å²) in [5, 5.41) is 9.83. The molecule has 2 unspecified atom stereocenters. The molecule has 11 heteroatoms. The van der Waals surface area contributed by atoms with Crippen LogP contribution in [0.1, 0.15) is 60.5 Å². The number of H-pyrrole nitrogens is 1. The Kier molecular flexibility index (Phi) is 6.19. The molecule has 0 bridgehead atoms. The highest BCUT2D eigenvalue weighted by Crippen LogP contribution is 2.54. The molecule has 3 heterocycles. The van der Waals surface area contributed by atoms with Crippen LogP contribution in [0.3, 0.4) is 0 Å². The van der Waals surface area contributed by atoms with Gasteiger partial charge in [0, 0.05) is 19.3 Å². The zero-order valence-electron chi connectivity index (χ0n) is 21.1. The predicted molar refractivity (Wildman–Crippen MR) is 133 cm³/mol. The summed E-state index contributed by atoms with van der Waals surface area (Å²) in [6.07, 6.45) is 1.71. The number of imidazole rings is 1. The van der Waals surface area contributed by atoms with Crippen LogP contribution in [0.4, 0.5) is 13.2 Å². The van der Waals surface area contributed by atoms with Gasteiger partial charge in [0.1, 0.15) is 11.5 Å². The maximum absolute atomic E-state index is 13.5. The second kappa shape index (κ2) is 9.43. The van der Waals surface area contributed by atoms with Crippen LogP contribution in [0.2, 0.25) is 0 Å². The number of nitrogens with one attached hydrogen (secondary N) is 3. The Morgan fingerprint density at radius 1 is 1.18 bits per heavy atom. The third-order valence-electron chi connectivity index (χ3n) is 8.31. The molecule has 0 radical (unpaired) electrons. The molecule has 3 fully saturated rings. The van der Waals surface area contributed by atoms with Crippen LogP contribution in [0, 0.1) is 29.6 Å². The number of alkyl halides is 3. The van der Waals surface area contributed by atoms with Crippen molar-refractivity contribution in [1.82, 2.24) is 30.4 Å². The lowest BCUT2D eigenvalue weighted by Gasteiger charge is -2.27. The minimum atomic E-state index is -4.44. The number of hydrogen-bond acceptors (Lipinski definition) is 4. The first-order valence-electron chi connectivity index (χ1n) is 13.4. The number of hydrogen-bond donors (Lipinski definition) is 3. The van der Waals surface area contributed by atoms with Crippen LogP contribution < -0.4 is 10.6 Å². The Labute approximate surface area is 217 Å². The molecule has 1 aromatic carbocycles. The molecule has 3 aromatic rings. The first-order valence-corrected chi connectivity index (χ1v) is 13.4. The van der Waals surface area contributed by atoms with Gasteiger partial charge in [-0.15, -0.1) is 0 Å². The minimum Gasteiger partial charge on any atom is -0.355 e. The van der Waals surface area contributed by atoms with E-state index in [-0.39, 0.29) is 30.8 Å². The Balaban J connectivity index is 1.29. The Hall–Kier alpha value is -3.37. The molecule has 1 aliphatic heterocycles. The topological polar surface area (TPSA) is 105 Å². The fraction of sp³-hybridized carbons (Fsp3) is 0.556. The van der Waals surface area contributed by atoms with Gasteiger partial charge in [0.25, 0.3) is 5.91 Å². The van der Waals surface area contributed by atoms with Crippen molar-refractivity contribution in [2.24, 2.45) is 29.6 Å². The van der Waals surface area contributed by atoms with Gasteiger partial charge in [-0.05, 0) is 80.5 Å². The zero-order valence-corrected chi connectivity index (χ0v) is 21.1. The van der Waals surface area contributed by atoms with Crippen molar-refractivity contribution in [3.63, 3.8) is 0 Å². The quantitative estimate of drug-likeness (QED) is 0.388. The summed E-state index contributed by atoms with van der Waals surface area (Å²) in [5.41, 5.74) is 2.49. The van der Waals surface area contributed by atoms with E-state index in [0.717, 1.165) is 25.7 Å². The molecule has 2 aromatic heterocycles. The standard InChI is InChI=1S/C27H31F3N6O2/c1-2-36-21(9-10-32-36)26(38)35-23(22(15-4-5-15)16-6-7-16)24-33-19-8-3-14(12-20(19)34-24)11-17-18(27(28,29)30)13-31-25(17)37/h3,8-10,12,15-18,22-23H,2,4-7,11,13H2,1H3,(H,31,37)(H,33,34)(H,35,38)/t17?,18?,23-/m0/s1. The molecule has 3 aliphatic rings. The molecular weight excluding hydrogens is 497 g/mol. The maximum Gasteiger partial charge on any atom is 0.394 e. The van der Waals surface area contributed by atoms with Gasteiger partial charge in [-0.3, -0.25) is 14.3 Å². The zero-order chi connectivity index (χ0) is 26.6. The fourth-order valence-corrected chi connectivity index (χ4v) is 6.08. The lowest BCUT2D eigenvalue weighted by molar-refractivity contribution is -0.180. The summed E-state index contributed by atoms with van der Waals surface area (Å²) in [7, 11) is 0. The summed E-state index contributed by atoms with van der Waals surface area (Å²) in [6.45, 7) is 2.13. The number of fused-ring (bicyclic) bond motifs is 1. The Bertz CT molecular complexity index is 1340. The van der Waals surface area contributed by atoms with E-state index in [1.54, 1.807) is 35.1 Å². The van der Waals surface area contributed by atoms with Gasteiger partial charge in [-0.2, -0.15) is 18.3 Å². The number of amides is 2. The molecule has 2 saturated carbocycles. The van der Waals surface area contributed by atoms with Crippen LogP contribution in [-0.2, 0) is 17.8 Å². The van der Waals surface area contributed by atoms with E-state index in [2.05, 4.69) is 20.7 Å². The second-order valence-electron chi connectivity index (χ2n) is 10.9. The van der Waals surface area contributed by atoms with E-state index in [9.17, 15) is 22.8 Å². The average Bonchev–Trinajstić information content (AvgIpc) is 3.77. The smallest absolute Gasteiger partial charge is 0.355 e. The highest BCUT2D eigenvalue weighted by molar-refractivity contribution is 5.92. The lowest BCUT2D eigenvalue weighted by atomic mass is 9.88. The van der Waals surface area contributed by atoms with Crippen LogP contribution in [0.25, 0.3) is 11.0 Å². The first kappa shape index (κ1) is 24.9. The first-order chi connectivity index (χ1) is 18.2. The van der Waals surface area contributed by atoms with E-state index in [4.69, 9.17) is 4.98 Å². The van der Waals surface area contributed by atoms with Crippen molar-refractivity contribution in [1.29, 1.82) is 0 Å². The molecule has 3 atom stereocenters. The van der Waals surface area contributed by atoms with E-state index < -0.39 is 23.9 Å². The monoisotopic (exact) mass is 528 g/mol. The number of aryl methyl sites for hydroxylation is 1. The summed E-state index contributed by atoms with van der Waals surface area (Å²) < 4.78 is 42.0. The number of carbonyl (C=O) groups is 2. The molecule has 2 amide bonds. The van der Waals surface area contributed by atoms with Crippen molar-refractivity contribution in [2.45, 2.75) is 57.8 Å². The SMILES string of the molecule is CCn1nccc1C(=O)N[C@H](c1nc2ccc(CC3C(=O)NCC3C(F)(F)F)cc2[nH]1)C(C1CC1)C1CC1. The van der Waals surface area contributed by atoms with Crippen LogP contribution in [-0.4, -0.2) is 44.3 Å². The number of carbonyl (C=O) groups excluding carboxylic acids is 2. The summed E-state index contributed by atoms with van der Waals surface area (Å²) in [6, 6.07) is 6.68. The highest BCUT2D eigenvalue weighted by Gasteiger charge is 2.51. The predicted octanol–water partition coefficient (Wildman–Crippen LogP) is 4.15. The lowest BCUT2D eigenvalue weighted by Crippen LogP contribution is -2.37. The Morgan fingerprint density at radius 3 is 2.58 bits per heavy atom. The third-order valence-corrected chi connectivity index (χ3v) is 8.31. The maximum atomic E-state index is 13.5. The summed E-state index contributed by atoms with van der Waals surface area (Å²) >= 11 is 0. The molecular formula is C27H31F3N6O2. The average molecular weight is 529 g/mol. The largest absolute Gasteiger partial charge is 0.394 e. The number of rotatable bonds is 9. The van der Waals surface area contributed by atoms with Crippen LogP contribution in [0.5, 0.6) is 0 Å².